The van der Waals surface area contributed by atoms with Gasteiger partial charge in [-0.05, 0) is 40.4 Å². The molecular weight excluding hydrogens is 389 g/mol. The van der Waals surface area contributed by atoms with Gasteiger partial charge in [0.2, 0.25) is 0 Å². The predicted molar refractivity (Wildman–Crippen MR) is 81.9 cm³/mol. The first kappa shape index (κ1) is 16.1. The van der Waals surface area contributed by atoms with Crippen LogP contribution in [0.4, 0.5) is 0 Å². The number of halogens is 3. The molecule has 1 aromatic rings. The van der Waals surface area contributed by atoms with Gasteiger partial charge in [0, 0.05) is 22.8 Å². The first-order chi connectivity index (χ1) is 9.29. The zero-order valence-corrected chi connectivity index (χ0v) is 14.2. The number of rotatable bonds is 5. The maximum atomic E-state index is 12.0. The minimum Gasteiger partial charge on any atom is -0.352 e. The molecule has 0 saturated heterocycles. The average Bonchev–Trinajstić information content (AvgIpc) is 3.14. The van der Waals surface area contributed by atoms with Gasteiger partial charge < -0.3 is 5.32 Å². The highest BCUT2D eigenvalue weighted by Crippen LogP contribution is 2.33. The first-order valence-electron chi connectivity index (χ1n) is 6.01. The third kappa shape index (κ3) is 4.10. The summed E-state index contributed by atoms with van der Waals surface area (Å²) in [4.78, 5) is 11.8. The Morgan fingerprint density at radius 1 is 1.40 bits per heavy atom. The van der Waals surface area contributed by atoms with Gasteiger partial charge in [0.25, 0.3) is 15.0 Å². The summed E-state index contributed by atoms with van der Waals surface area (Å²) >= 11 is 8.97. The van der Waals surface area contributed by atoms with Crippen LogP contribution in [0.5, 0.6) is 0 Å². The Kier molecular flexibility index (Phi) is 5.00. The molecule has 2 rings (SSSR count). The minimum absolute atomic E-state index is 0.124. The van der Waals surface area contributed by atoms with E-state index in [2.05, 4.69) is 21.2 Å². The summed E-state index contributed by atoms with van der Waals surface area (Å²) in [6.45, 7) is 0.570. The zero-order chi connectivity index (χ0) is 14.9. The quantitative estimate of drug-likeness (QED) is 0.768. The molecule has 1 aliphatic carbocycles. The highest BCUT2D eigenvalue weighted by Gasteiger charge is 2.22. The van der Waals surface area contributed by atoms with E-state index in [0.717, 1.165) is 6.42 Å². The molecule has 20 heavy (non-hydrogen) atoms. The average molecular weight is 401 g/mol. The van der Waals surface area contributed by atoms with Crippen LogP contribution in [0, 0.1) is 5.92 Å². The first-order valence-corrected chi connectivity index (χ1v) is 9.49. The van der Waals surface area contributed by atoms with E-state index >= 15 is 0 Å². The van der Waals surface area contributed by atoms with Crippen molar-refractivity contribution in [3.63, 3.8) is 0 Å². The van der Waals surface area contributed by atoms with E-state index in [4.69, 9.17) is 22.3 Å². The van der Waals surface area contributed by atoms with Gasteiger partial charge in [-0.3, -0.25) is 4.79 Å². The highest BCUT2D eigenvalue weighted by molar-refractivity contribution is 9.10. The van der Waals surface area contributed by atoms with E-state index in [1.54, 1.807) is 0 Å². The molecule has 0 heterocycles. The lowest BCUT2D eigenvalue weighted by Crippen LogP contribution is -2.25. The van der Waals surface area contributed by atoms with Crippen molar-refractivity contribution in [2.45, 2.75) is 24.2 Å². The summed E-state index contributed by atoms with van der Waals surface area (Å²) in [6, 6.07) is 2.62. The third-order valence-corrected chi connectivity index (χ3v) is 6.04. The second-order valence-corrected chi connectivity index (χ2v) is 8.43. The maximum absolute atomic E-state index is 12.0. The monoisotopic (exact) mass is 399 g/mol. The Balaban J connectivity index is 2.18. The van der Waals surface area contributed by atoms with Gasteiger partial charge >= 0.3 is 0 Å². The normalized spacial score (nSPS) is 15.2. The van der Waals surface area contributed by atoms with Gasteiger partial charge in [0.05, 0.1) is 14.4 Å². The van der Waals surface area contributed by atoms with Crippen LogP contribution < -0.4 is 5.32 Å². The molecule has 0 unspecified atom stereocenters. The highest BCUT2D eigenvalue weighted by atomic mass is 79.9. The number of carbonyl (C=O) groups excluding carboxylic acids is 1. The maximum Gasteiger partial charge on any atom is 0.262 e. The lowest BCUT2D eigenvalue weighted by Gasteiger charge is -2.08. The lowest BCUT2D eigenvalue weighted by atomic mass is 10.2. The van der Waals surface area contributed by atoms with Crippen molar-refractivity contribution < 1.29 is 13.2 Å². The van der Waals surface area contributed by atoms with Gasteiger partial charge in [-0.2, -0.15) is 0 Å². The largest absolute Gasteiger partial charge is 0.352 e. The van der Waals surface area contributed by atoms with E-state index in [1.807, 2.05) is 0 Å². The van der Waals surface area contributed by atoms with Crippen LogP contribution in [0.15, 0.2) is 21.5 Å². The number of benzene rings is 1. The zero-order valence-electron chi connectivity index (χ0n) is 10.3. The molecule has 1 aliphatic rings. The van der Waals surface area contributed by atoms with Gasteiger partial charge in [-0.15, -0.1) is 0 Å². The van der Waals surface area contributed by atoms with Gasteiger partial charge in [-0.25, -0.2) is 8.42 Å². The molecule has 0 radical (unpaired) electrons. The molecule has 0 atom stereocenters. The lowest BCUT2D eigenvalue weighted by molar-refractivity contribution is 0.0952. The second kappa shape index (κ2) is 6.22. The van der Waals surface area contributed by atoms with Gasteiger partial charge in [0.1, 0.15) is 0 Å². The topological polar surface area (TPSA) is 63.2 Å². The molecular formula is C12H12BrCl2NO3S. The number of amides is 1. The van der Waals surface area contributed by atoms with Crippen LogP contribution in [0.25, 0.3) is 0 Å². The van der Waals surface area contributed by atoms with E-state index in [0.29, 0.717) is 12.5 Å². The summed E-state index contributed by atoms with van der Waals surface area (Å²) in [5.74, 6) is 0.351. The molecule has 0 spiro atoms. The molecule has 1 amide bonds. The minimum atomic E-state index is -3.98. The number of carbonyl (C=O) groups is 1. The second-order valence-electron chi connectivity index (χ2n) is 4.70. The Morgan fingerprint density at radius 3 is 2.60 bits per heavy atom. The molecule has 1 N–H and O–H groups in total. The van der Waals surface area contributed by atoms with E-state index in [9.17, 15) is 13.2 Å². The summed E-state index contributed by atoms with van der Waals surface area (Å²) in [6.07, 6.45) is 3.37. The van der Waals surface area contributed by atoms with E-state index in [1.165, 1.54) is 25.0 Å². The van der Waals surface area contributed by atoms with E-state index in [-0.39, 0.29) is 25.9 Å². The van der Waals surface area contributed by atoms with Crippen LogP contribution in [-0.4, -0.2) is 20.9 Å². The fourth-order valence-corrected chi connectivity index (χ4v) is 4.15. The van der Waals surface area contributed by atoms with Crippen LogP contribution in [0.2, 0.25) is 5.02 Å². The molecule has 1 aromatic carbocycles. The van der Waals surface area contributed by atoms with Crippen LogP contribution in [0.3, 0.4) is 0 Å². The Hall–Kier alpha value is -0.300. The van der Waals surface area contributed by atoms with E-state index < -0.39 is 9.05 Å². The van der Waals surface area contributed by atoms with Crippen LogP contribution >= 0.6 is 38.2 Å². The van der Waals surface area contributed by atoms with Crippen molar-refractivity contribution in [2.24, 2.45) is 5.92 Å². The summed E-state index contributed by atoms with van der Waals surface area (Å²) in [5, 5.41) is 2.87. The van der Waals surface area contributed by atoms with Crippen molar-refractivity contribution in [1.82, 2.24) is 5.32 Å². The molecule has 0 aliphatic heterocycles. The Bertz CT molecular complexity index is 644. The standard InChI is InChI=1S/C12H12BrCl2NO3S/c13-11-9(14)5-8(6-10(11)20(15,18)19)12(17)16-4-3-7-1-2-7/h5-7H,1-4H2,(H,16,17). The fourth-order valence-electron chi connectivity index (χ4n) is 1.77. The number of nitrogens with one attached hydrogen (secondary N) is 1. The third-order valence-electron chi connectivity index (χ3n) is 3.05. The molecule has 1 saturated carbocycles. The van der Waals surface area contributed by atoms with Gasteiger partial charge in [-0.1, -0.05) is 24.4 Å². The Labute approximate surface area is 135 Å². The van der Waals surface area contributed by atoms with Gasteiger partial charge in [0.15, 0.2) is 0 Å². The predicted octanol–water partition coefficient (Wildman–Crippen LogP) is 3.56. The van der Waals surface area contributed by atoms with Crippen molar-refractivity contribution in [1.29, 1.82) is 0 Å². The van der Waals surface area contributed by atoms with Crippen molar-refractivity contribution in [3.05, 3.63) is 27.2 Å². The molecule has 4 nitrogen and oxygen atoms in total. The summed E-state index contributed by atoms with van der Waals surface area (Å²) in [7, 11) is 1.34. The molecule has 1 fully saturated rings. The summed E-state index contributed by atoms with van der Waals surface area (Å²) < 4.78 is 23.0. The molecule has 0 aromatic heterocycles. The van der Waals surface area contributed by atoms with Crippen molar-refractivity contribution in [3.8, 4) is 0 Å². The number of hydrogen-bond donors (Lipinski definition) is 1. The molecule has 8 heteroatoms. The number of hydrogen-bond acceptors (Lipinski definition) is 3. The van der Waals surface area contributed by atoms with Crippen LogP contribution in [0.1, 0.15) is 29.6 Å². The van der Waals surface area contributed by atoms with Crippen molar-refractivity contribution in [2.75, 3.05) is 6.54 Å². The summed E-state index contributed by atoms with van der Waals surface area (Å²) in [5.41, 5.74) is 0.174. The molecule has 110 valence electrons. The molecule has 0 bridgehead atoms. The fraction of sp³-hybridized carbons (Fsp3) is 0.417. The smallest absolute Gasteiger partial charge is 0.262 e. The van der Waals surface area contributed by atoms with Crippen LogP contribution in [-0.2, 0) is 9.05 Å². The van der Waals surface area contributed by atoms with Crippen molar-refractivity contribution >= 4 is 53.2 Å². The Morgan fingerprint density at radius 2 is 2.05 bits per heavy atom. The SMILES string of the molecule is O=C(NCCC1CC1)c1cc(Cl)c(Br)c(S(=O)(=O)Cl)c1.